The first-order valence-corrected chi connectivity index (χ1v) is 7.48. The van der Waals surface area contributed by atoms with E-state index in [2.05, 4.69) is 5.32 Å². The van der Waals surface area contributed by atoms with Crippen LogP contribution in [0.4, 0.5) is 11.4 Å². The van der Waals surface area contributed by atoms with Crippen LogP contribution in [0.1, 0.15) is 29.6 Å². The van der Waals surface area contributed by atoms with Crippen molar-refractivity contribution < 1.29 is 9.90 Å². The highest BCUT2D eigenvalue weighted by atomic mass is 16.3. The first-order chi connectivity index (χ1) is 10.0. The number of amides is 1. The Hall–Kier alpha value is -1.75. The minimum absolute atomic E-state index is 0.0350. The molecule has 0 aliphatic heterocycles. The summed E-state index contributed by atoms with van der Waals surface area (Å²) >= 11 is 0. The Labute approximate surface area is 126 Å². The van der Waals surface area contributed by atoms with E-state index >= 15 is 0 Å². The summed E-state index contributed by atoms with van der Waals surface area (Å²) in [6.07, 6.45) is 3.40. The Morgan fingerprint density at radius 2 is 2.10 bits per heavy atom. The second-order valence-corrected chi connectivity index (χ2v) is 6.02. The molecule has 1 aliphatic carbocycles. The molecule has 5 heteroatoms. The lowest BCUT2D eigenvalue weighted by atomic mass is 9.97. The van der Waals surface area contributed by atoms with Crippen LogP contribution in [0, 0.1) is 11.8 Å². The molecule has 0 radical (unpaired) electrons. The van der Waals surface area contributed by atoms with Gasteiger partial charge in [-0.3, -0.25) is 4.79 Å². The smallest absolute Gasteiger partial charge is 0.253 e. The van der Waals surface area contributed by atoms with Crippen molar-refractivity contribution in [2.24, 2.45) is 11.8 Å². The number of benzene rings is 1. The van der Waals surface area contributed by atoms with Crippen LogP contribution in [0.3, 0.4) is 0 Å². The number of nitrogen functional groups attached to an aromatic ring is 1. The van der Waals surface area contributed by atoms with Gasteiger partial charge in [-0.15, -0.1) is 0 Å². The molecule has 4 N–H and O–H groups in total. The number of nitrogens with zero attached hydrogens (tertiary/aromatic N) is 1. The number of carbonyl (C=O) groups excluding carboxylic acids is 1. The van der Waals surface area contributed by atoms with Gasteiger partial charge in [-0.05, 0) is 42.9 Å². The number of hydrogen-bond acceptors (Lipinski definition) is 4. The summed E-state index contributed by atoms with van der Waals surface area (Å²) in [5.74, 6) is 0.820. The Morgan fingerprint density at radius 1 is 1.38 bits per heavy atom. The van der Waals surface area contributed by atoms with Gasteiger partial charge >= 0.3 is 0 Å². The van der Waals surface area contributed by atoms with Crippen LogP contribution < -0.4 is 11.1 Å². The number of nitrogens with two attached hydrogens (primary N) is 1. The molecule has 0 spiro atoms. The quantitative estimate of drug-likeness (QED) is 0.723. The van der Waals surface area contributed by atoms with E-state index in [4.69, 9.17) is 5.73 Å². The van der Waals surface area contributed by atoms with Gasteiger partial charge in [0, 0.05) is 32.8 Å². The molecule has 0 heterocycles. The van der Waals surface area contributed by atoms with Crippen molar-refractivity contribution in [2.45, 2.75) is 19.3 Å². The molecule has 2 atom stereocenters. The lowest BCUT2D eigenvalue weighted by molar-refractivity contribution is 0.0827. The standard InChI is InChI=1S/C16H25N3O2/c1-19(2)16(21)11-6-7-14(17)15(8-11)18-9-12-4-3-5-13(12)10-20/h6-8,12-13,18,20H,3-5,9-10,17H2,1-2H3. The summed E-state index contributed by atoms with van der Waals surface area (Å²) in [5.41, 5.74) is 8.05. The molecule has 116 valence electrons. The predicted molar refractivity (Wildman–Crippen MR) is 85.3 cm³/mol. The summed E-state index contributed by atoms with van der Waals surface area (Å²) in [6, 6.07) is 5.31. The highest BCUT2D eigenvalue weighted by molar-refractivity contribution is 5.95. The van der Waals surface area contributed by atoms with E-state index in [9.17, 15) is 9.90 Å². The molecule has 1 amide bonds. The summed E-state index contributed by atoms with van der Waals surface area (Å²) < 4.78 is 0. The fourth-order valence-corrected chi connectivity index (χ4v) is 2.96. The molecule has 1 aromatic carbocycles. The van der Waals surface area contributed by atoms with E-state index in [1.54, 1.807) is 37.2 Å². The fraction of sp³-hybridized carbons (Fsp3) is 0.562. The predicted octanol–water partition coefficient (Wildman–Crippen LogP) is 1.79. The molecule has 1 aliphatic rings. The number of hydrogen-bond donors (Lipinski definition) is 3. The van der Waals surface area contributed by atoms with Gasteiger partial charge in [0.15, 0.2) is 0 Å². The third-order valence-corrected chi connectivity index (χ3v) is 4.31. The number of nitrogens with one attached hydrogen (secondary N) is 1. The van der Waals surface area contributed by atoms with E-state index in [1.165, 1.54) is 6.42 Å². The van der Waals surface area contributed by atoms with Crippen molar-refractivity contribution in [1.29, 1.82) is 0 Å². The first-order valence-electron chi connectivity index (χ1n) is 7.48. The summed E-state index contributed by atoms with van der Waals surface area (Å²) in [5, 5.41) is 12.7. The fourth-order valence-electron chi connectivity index (χ4n) is 2.96. The van der Waals surface area contributed by atoms with Gasteiger partial charge in [-0.1, -0.05) is 6.42 Å². The lowest BCUT2D eigenvalue weighted by Crippen LogP contribution is -2.23. The molecule has 1 aromatic rings. The van der Waals surface area contributed by atoms with Crippen LogP contribution in [0.25, 0.3) is 0 Å². The van der Waals surface area contributed by atoms with Crippen LogP contribution in [-0.2, 0) is 0 Å². The molecule has 0 aromatic heterocycles. The summed E-state index contributed by atoms with van der Waals surface area (Å²) in [7, 11) is 3.46. The van der Waals surface area contributed by atoms with E-state index in [1.807, 2.05) is 0 Å². The molecular formula is C16H25N3O2. The van der Waals surface area contributed by atoms with Gasteiger partial charge in [0.2, 0.25) is 0 Å². The SMILES string of the molecule is CN(C)C(=O)c1ccc(N)c(NCC2CCCC2CO)c1. The van der Waals surface area contributed by atoms with Crippen LogP contribution in [0.5, 0.6) is 0 Å². The lowest BCUT2D eigenvalue weighted by Gasteiger charge is -2.20. The summed E-state index contributed by atoms with van der Waals surface area (Å²) in [4.78, 5) is 13.5. The van der Waals surface area contributed by atoms with Gasteiger partial charge in [-0.25, -0.2) is 0 Å². The maximum absolute atomic E-state index is 12.0. The monoisotopic (exact) mass is 291 g/mol. The minimum atomic E-state index is -0.0350. The van der Waals surface area contributed by atoms with Crippen molar-refractivity contribution in [1.82, 2.24) is 4.90 Å². The van der Waals surface area contributed by atoms with Gasteiger partial charge in [-0.2, -0.15) is 0 Å². The van der Waals surface area contributed by atoms with E-state index < -0.39 is 0 Å². The van der Waals surface area contributed by atoms with Gasteiger partial charge in [0.25, 0.3) is 5.91 Å². The normalized spacial score (nSPS) is 21.3. The average Bonchev–Trinajstić information content (AvgIpc) is 2.93. The van der Waals surface area contributed by atoms with E-state index in [-0.39, 0.29) is 12.5 Å². The number of anilines is 2. The maximum atomic E-state index is 12.0. The van der Waals surface area contributed by atoms with E-state index in [0.717, 1.165) is 25.1 Å². The molecule has 0 bridgehead atoms. The maximum Gasteiger partial charge on any atom is 0.253 e. The van der Waals surface area contributed by atoms with Crippen molar-refractivity contribution >= 4 is 17.3 Å². The molecule has 5 nitrogen and oxygen atoms in total. The molecule has 2 rings (SSSR count). The molecule has 21 heavy (non-hydrogen) atoms. The zero-order valence-corrected chi connectivity index (χ0v) is 12.8. The van der Waals surface area contributed by atoms with Gasteiger partial charge in [0.05, 0.1) is 11.4 Å². The highest BCUT2D eigenvalue weighted by Gasteiger charge is 2.26. The third-order valence-electron chi connectivity index (χ3n) is 4.31. The van der Waals surface area contributed by atoms with Gasteiger partial charge < -0.3 is 21.1 Å². The van der Waals surface area contributed by atoms with Crippen LogP contribution >= 0.6 is 0 Å². The third kappa shape index (κ3) is 3.67. The first kappa shape index (κ1) is 15.6. The van der Waals surface area contributed by atoms with Crippen LogP contribution in [0.2, 0.25) is 0 Å². The Bertz CT molecular complexity index is 502. The summed E-state index contributed by atoms with van der Waals surface area (Å²) in [6.45, 7) is 1.04. The zero-order chi connectivity index (χ0) is 15.4. The number of carbonyl (C=O) groups is 1. The topological polar surface area (TPSA) is 78.6 Å². The van der Waals surface area contributed by atoms with Crippen LogP contribution in [-0.4, -0.2) is 43.2 Å². The molecule has 1 fully saturated rings. The molecule has 1 saturated carbocycles. The van der Waals surface area contributed by atoms with E-state index in [0.29, 0.717) is 23.1 Å². The van der Waals surface area contributed by atoms with Crippen molar-refractivity contribution in [3.8, 4) is 0 Å². The Morgan fingerprint density at radius 3 is 2.76 bits per heavy atom. The van der Waals surface area contributed by atoms with Crippen molar-refractivity contribution in [3.05, 3.63) is 23.8 Å². The minimum Gasteiger partial charge on any atom is -0.397 e. The molecular weight excluding hydrogens is 266 g/mol. The zero-order valence-electron chi connectivity index (χ0n) is 12.8. The molecule has 0 saturated heterocycles. The second-order valence-electron chi connectivity index (χ2n) is 6.02. The Balaban J connectivity index is 2.05. The van der Waals surface area contributed by atoms with Crippen molar-refractivity contribution in [3.63, 3.8) is 0 Å². The largest absolute Gasteiger partial charge is 0.397 e. The van der Waals surface area contributed by atoms with Crippen LogP contribution in [0.15, 0.2) is 18.2 Å². The highest BCUT2D eigenvalue weighted by Crippen LogP contribution is 2.32. The average molecular weight is 291 g/mol. The van der Waals surface area contributed by atoms with Gasteiger partial charge in [0.1, 0.15) is 0 Å². The van der Waals surface area contributed by atoms with Crippen molar-refractivity contribution in [2.75, 3.05) is 38.3 Å². The Kier molecular flexibility index (Phi) is 5.07. The second kappa shape index (κ2) is 6.80. The number of aliphatic hydroxyl groups is 1. The molecule has 2 unspecified atom stereocenters. The number of rotatable bonds is 5. The number of aliphatic hydroxyl groups excluding tert-OH is 1.